The number of carbonyl (C=O) groups is 2. The molecule has 0 saturated carbocycles. The zero-order chi connectivity index (χ0) is 24.2. The number of nitrogens with one attached hydrogen (secondary N) is 2. The summed E-state index contributed by atoms with van der Waals surface area (Å²) in [5, 5.41) is 9.20. The van der Waals surface area contributed by atoms with Crippen LogP contribution in [0.4, 0.5) is 11.4 Å². The molecule has 3 aromatic heterocycles. The van der Waals surface area contributed by atoms with Crippen molar-refractivity contribution in [1.82, 2.24) is 9.55 Å². The molecular formula is C25H32N4O4S. The zero-order valence-electron chi connectivity index (χ0n) is 20.1. The lowest BCUT2D eigenvalue weighted by Crippen LogP contribution is -2.23. The van der Waals surface area contributed by atoms with Crippen LogP contribution in [-0.2, 0) is 27.4 Å². The molecule has 2 atom stereocenters. The fourth-order valence-electron chi connectivity index (χ4n) is 4.13. The Morgan fingerprint density at radius 2 is 2.24 bits per heavy atom. The Labute approximate surface area is 203 Å². The third kappa shape index (κ3) is 4.95. The number of methoxy groups -OCH3 is 1. The van der Waals surface area contributed by atoms with E-state index in [0.717, 1.165) is 18.5 Å². The van der Waals surface area contributed by atoms with E-state index in [4.69, 9.17) is 14.5 Å². The number of amides is 1. The van der Waals surface area contributed by atoms with Crippen LogP contribution in [0.15, 0.2) is 23.7 Å². The summed E-state index contributed by atoms with van der Waals surface area (Å²) in [5.41, 5.74) is 3.40. The van der Waals surface area contributed by atoms with Crippen molar-refractivity contribution in [2.75, 3.05) is 24.4 Å². The standard InChI is InChI=1S/C25H32N4O4S/c1-5-15(2)24(30)28-21-19-11-17(26-13-20-16(3)8-10-34-20)12-27-23(19)29(22(21)25(31)32-4)14-18-7-6-9-33-18/h8,10-12,15,18,26H,5-7,9,13-14H2,1-4H3,(H,28,30)/t15-,18-/m1/s1. The van der Waals surface area contributed by atoms with Crippen molar-refractivity contribution in [3.8, 4) is 0 Å². The molecule has 4 heterocycles. The summed E-state index contributed by atoms with van der Waals surface area (Å²) in [6.07, 6.45) is 4.34. The summed E-state index contributed by atoms with van der Waals surface area (Å²) in [6.45, 7) is 7.76. The van der Waals surface area contributed by atoms with E-state index in [0.29, 0.717) is 48.5 Å². The number of carbonyl (C=O) groups excluding carboxylic acids is 2. The molecule has 1 amide bonds. The van der Waals surface area contributed by atoms with E-state index in [9.17, 15) is 9.59 Å². The molecule has 4 rings (SSSR count). The number of fused-ring (bicyclic) bond motifs is 1. The second-order valence-electron chi connectivity index (χ2n) is 8.73. The van der Waals surface area contributed by atoms with Crippen LogP contribution in [0, 0.1) is 12.8 Å². The number of aryl methyl sites for hydroxylation is 1. The molecule has 0 aromatic carbocycles. The Bertz CT molecular complexity index is 1180. The molecule has 1 saturated heterocycles. The molecule has 0 radical (unpaired) electrons. The Balaban J connectivity index is 1.78. The number of hydrogen-bond acceptors (Lipinski definition) is 7. The van der Waals surface area contributed by atoms with Crippen LogP contribution >= 0.6 is 11.3 Å². The van der Waals surface area contributed by atoms with Gasteiger partial charge in [-0.3, -0.25) is 4.79 Å². The highest BCUT2D eigenvalue weighted by Gasteiger charge is 2.29. The van der Waals surface area contributed by atoms with Crippen LogP contribution in [0.3, 0.4) is 0 Å². The molecule has 9 heteroatoms. The van der Waals surface area contributed by atoms with E-state index < -0.39 is 5.97 Å². The third-order valence-corrected chi connectivity index (χ3v) is 7.44. The van der Waals surface area contributed by atoms with E-state index in [-0.39, 0.29) is 17.9 Å². The number of esters is 1. The lowest BCUT2D eigenvalue weighted by Gasteiger charge is -2.15. The van der Waals surface area contributed by atoms with Crippen molar-refractivity contribution in [2.24, 2.45) is 5.92 Å². The summed E-state index contributed by atoms with van der Waals surface area (Å²) in [7, 11) is 1.35. The van der Waals surface area contributed by atoms with Gasteiger partial charge in [0.05, 0.1) is 37.3 Å². The number of ether oxygens (including phenoxy) is 2. The van der Waals surface area contributed by atoms with Gasteiger partial charge < -0.3 is 24.7 Å². The molecule has 182 valence electrons. The van der Waals surface area contributed by atoms with E-state index in [1.54, 1.807) is 17.5 Å². The first-order valence-electron chi connectivity index (χ1n) is 11.7. The third-order valence-electron chi connectivity index (χ3n) is 6.42. The van der Waals surface area contributed by atoms with Gasteiger partial charge in [-0.05, 0) is 49.3 Å². The van der Waals surface area contributed by atoms with Gasteiger partial charge in [0, 0.05) is 29.3 Å². The lowest BCUT2D eigenvalue weighted by atomic mass is 10.1. The van der Waals surface area contributed by atoms with Gasteiger partial charge >= 0.3 is 5.97 Å². The van der Waals surface area contributed by atoms with E-state index in [2.05, 4.69) is 29.0 Å². The average Bonchev–Trinajstić information content (AvgIpc) is 3.57. The Kier molecular flexibility index (Phi) is 7.53. The van der Waals surface area contributed by atoms with Crippen molar-refractivity contribution < 1.29 is 19.1 Å². The van der Waals surface area contributed by atoms with E-state index in [1.807, 2.05) is 24.5 Å². The molecule has 0 spiro atoms. The molecule has 34 heavy (non-hydrogen) atoms. The van der Waals surface area contributed by atoms with Crippen LogP contribution in [0.5, 0.6) is 0 Å². The Morgan fingerprint density at radius 1 is 1.41 bits per heavy atom. The normalized spacial score (nSPS) is 16.5. The summed E-state index contributed by atoms with van der Waals surface area (Å²) in [5.74, 6) is -0.853. The quantitative estimate of drug-likeness (QED) is 0.417. The van der Waals surface area contributed by atoms with Crippen molar-refractivity contribution in [1.29, 1.82) is 0 Å². The minimum atomic E-state index is -0.515. The van der Waals surface area contributed by atoms with Gasteiger partial charge in [0.2, 0.25) is 5.91 Å². The van der Waals surface area contributed by atoms with E-state index >= 15 is 0 Å². The largest absolute Gasteiger partial charge is 0.464 e. The average molecular weight is 485 g/mol. The van der Waals surface area contributed by atoms with Gasteiger partial charge in [-0.25, -0.2) is 9.78 Å². The molecule has 0 aliphatic carbocycles. The van der Waals surface area contributed by atoms with E-state index in [1.165, 1.54) is 17.6 Å². The highest BCUT2D eigenvalue weighted by Crippen LogP contribution is 2.34. The highest BCUT2D eigenvalue weighted by molar-refractivity contribution is 7.10. The molecule has 0 bridgehead atoms. The second-order valence-corrected chi connectivity index (χ2v) is 9.74. The molecule has 2 N–H and O–H groups in total. The fraction of sp³-hybridized carbons (Fsp3) is 0.480. The number of rotatable bonds is 9. The van der Waals surface area contributed by atoms with Gasteiger partial charge in [0.1, 0.15) is 5.65 Å². The van der Waals surface area contributed by atoms with Gasteiger partial charge in [-0.2, -0.15) is 0 Å². The van der Waals surface area contributed by atoms with Gasteiger partial charge in [-0.15, -0.1) is 11.3 Å². The smallest absolute Gasteiger partial charge is 0.356 e. The first-order valence-corrected chi connectivity index (χ1v) is 12.6. The summed E-state index contributed by atoms with van der Waals surface area (Å²) in [4.78, 5) is 31.8. The maximum absolute atomic E-state index is 12.9. The van der Waals surface area contributed by atoms with Crippen molar-refractivity contribution >= 4 is 45.6 Å². The minimum absolute atomic E-state index is 0.0153. The van der Waals surface area contributed by atoms with Crippen molar-refractivity contribution in [3.63, 3.8) is 0 Å². The summed E-state index contributed by atoms with van der Waals surface area (Å²) < 4.78 is 12.8. The van der Waals surface area contributed by atoms with Crippen LogP contribution in [0.2, 0.25) is 0 Å². The number of anilines is 2. The van der Waals surface area contributed by atoms with Gasteiger partial charge in [0.25, 0.3) is 0 Å². The number of hydrogen-bond donors (Lipinski definition) is 2. The highest BCUT2D eigenvalue weighted by atomic mass is 32.1. The molecule has 0 unspecified atom stereocenters. The molecule has 1 fully saturated rings. The zero-order valence-corrected chi connectivity index (χ0v) is 21.0. The van der Waals surface area contributed by atoms with Crippen LogP contribution in [0.25, 0.3) is 11.0 Å². The Hall–Kier alpha value is -2.91. The number of aromatic nitrogens is 2. The molecule has 8 nitrogen and oxygen atoms in total. The SMILES string of the molecule is CC[C@@H](C)C(=O)Nc1c(C(=O)OC)n(C[C@H]2CCCO2)c2ncc(NCc3sccc3C)cc12. The minimum Gasteiger partial charge on any atom is -0.464 e. The topological polar surface area (TPSA) is 94.5 Å². The molecule has 3 aromatic rings. The maximum Gasteiger partial charge on any atom is 0.356 e. The molecular weight excluding hydrogens is 452 g/mol. The fourth-order valence-corrected chi connectivity index (χ4v) is 4.97. The van der Waals surface area contributed by atoms with Gasteiger partial charge in [-0.1, -0.05) is 13.8 Å². The summed E-state index contributed by atoms with van der Waals surface area (Å²) in [6, 6.07) is 4.04. The van der Waals surface area contributed by atoms with Crippen LogP contribution in [0.1, 0.15) is 54.0 Å². The number of nitrogens with zero attached hydrogens (tertiary/aromatic N) is 2. The van der Waals surface area contributed by atoms with Gasteiger partial charge in [0.15, 0.2) is 5.69 Å². The lowest BCUT2D eigenvalue weighted by molar-refractivity contribution is -0.119. The number of thiophene rings is 1. The molecule has 1 aliphatic heterocycles. The monoisotopic (exact) mass is 484 g/mol. The number of pyridine rings is 1. The second kappa shape index (κ2) is 10.6. The Morgan fingerprint density at radius 3 is 2.88 bits per heavy atom. The first-order chi connectivity index (χ1) is 16.4. The van der Waals surface area contributed by atoms with Crippen molar-refractivity contribution in [3.05, 3.63) is 39.8 Å². The van der Waals surface area contributed by atoms with Crippen LogP contribution < -0.4 is 10.6 Å². The van der Waals surface area contributed by atoms with Crippen molar-refractivity contribution in [2.45, 2.75) is 59.2 Å². The molecule has 1 aliphatic rings. The predicted octanol–water partition coefficient (Wildman–Crippen LogP) is 4.97. The first kappa shape index (κ1) is 24.2. The maximum atomic E-state index is 12.9. The summed E-state index contributed by atoms with van der Waals surface area (Å²) >= 11 is 1.70. The van der Waals surface area contributed by atoms with Crippen LogP contribution in [-0.4, -0.2) is 41.2 Å². The predicted molar refractivity (Wildman–Crippen MR) is 135 cm³/mol.